The molecule has 0 spiro atoms. The first-order chi connectivity index (χ1) is 8.50. The summed E-state index contributed by atoms with van der Waals surface area (Å²) in [5, 5.41) is 0. The summed E-state index contributed by atoms with van der Waals surface area (Å²) < 4.78 is 19.5. The predicted molar refractivity (Wildman–Crippen MR) is 71.2 cm³/mol. The quantitative estimate of drug-likeness (QED) is 0.878. The normalized spacial score (nSPS) is 26.2. The van der Waals surface area contributed by atoms with Crippen LogP contribution in [0.15, 0.2) is 18.2 Å². The van der Waals surface area contributed by atoms with Crippen molar-refractivity contribution in [1.29, 1.82) is 0 Å². The van der Waals surface area contributed by atoms with Gasteiger partial charge in [-0.1, -0.05) is 6.07 Å². The molecule has 0 radical (unpaired) electrons. The highest BCUT2D eigenvalue weighted by Gasteiger charge is 2.27. The summed E-state index contributed by atoms with van der Waals surface area (Å²) in [6.45, 7) is 7.36. The van der Waals surface area contributed by atoms with E-state index in [1.165, 1.54) is 6.07 Å². The molecule has 3 atom stereocenters. The average molecular weight is 252 g/mol. The van der Waals surface area contributed by atoms with Crippen LogP contribution in [0.1, 0.15) is 32.4 Å². The number of morpholine rings is 1. The van der Waals surface area contributed by atoms with Crippen molar-refractivity contribution in [1.82, 2.24) is 0 Å². The molecular weight excluding hydrogens is 231 g/mol. The molecule has 1 aromatic rings. The van der Waals surface area contributed by atoms with Gasteiger partial charge in [0.1, 0.15) is 5.82 Å². The third-order valence-electron chi connectivity index (χ3n) is 3.40. The highest BCUT2D eigenvalue weighted by atomic mass is 19.1. The molecule has 4 heteroatoms. The van der Waals surface area contributed by atoms with Gasteiger partial charge in [-0.25, -0.2) is 4.39 Å². The maximum atomic E-state index is 13.9. The molecule has 1 aliphatic rings. The van der Waals surface area contributed by atoms with Crippen molar-refractivity contribution < 1.29 is 9.13 Å². The van der Waals surface area contributed by atoms with Crippen molar-refractivity contribution >= 4 is 5.69 Å². The first kappa shape index (κ1) is 13.3. The predicted octanol–water partition coefficient (Wildman–Crippen LogP) is 2.46. The summed E-state index contributed by atoms with van der Waals surface area (Å²) in [5.41, 5.74) is 7.40. The second-order valence-corrected chi connectivity index (χ2v) is 5.11. The molecule has 0 bridgehead atoms. The summed E-state index contributed by atoms with van der Waals surface area (Å²) in [5.74, 6) is -0.228. The Hall–Kier alpha value is -1.13. The van der Waals surface area contributed by atoms with Gasteiger partial charge in [-0.15, -0.1) is 0 Å². The smallest absolute Gasteiger partial charge is 0.130 e. The summed E-state index contributed by atoms with van der Waals surface area (Å²) in [7, 11) is 0. The first-order valence-electron chi connectivity index (χ1n) is 6.43. The average Bonchev–Trinajstić information content (AvgIpc) is 2.31. The third-order valence-corrected chi connectivity index (χ3v) is 3.40. The van der Waals surface area contributed by atoms with E-state index in [4.69, 9.17) is 10.5 Å². The van der Waals surface area contributed by atoms with E-state index in [9.17, 15) is 4.39 Å². The van der Waals surface area contributed by atoms with E-state index < -0.39 is 0 Å². The molecule has 2 rings (SSSR count). The van der Waals surface area contributed by atoms with Crippen LogP contribution < -0.4 is 10.6 Å². The third kappa shape index (κ3) is 2.49. The summed E-state index contributed by atoms with van der Waals surface area (Å²) in [6, 6.07) is 5.07. The van der Waals surface area contributed by atoms with Gasteiger partial charge in [-0.3, -0.25) is 0 Å². The molecule has 18 heavy (non-hydrogen) atoms. The van der Waals surface area contributed by atoms with Crippen molar-refractivity contribution in [2.75, 3.05) is 18.1 Å². The number of rotatable bonds is 2. The van der Waals surface area contributed by atoms with Crippen molar-refractivity contribution in [3.05, 3.63) is 29.6 Å². The largest absolute Gasteiger partial charge is 0.375 e. The Bertz CT molecular complexity index is 422. The van der Waals surface area contributed by atoms with Crippen LogP contribution in [0.2, 0.25) is 0 Å². The van der Waals surface area contributed by atoms with Crippen LogP contribution in [0, 0.1) is 5.82 Å². The topological polar surface area (TPSA) is 38.5 Å². The Morgan fingerprint density at radius 1 is 1.44 bits per heavy atom. The minimum Gasteiger partial charge on any atom is -0.375 e. The molecule has 2 N–H and O–H groups in total. The number of hydrogen-bond donors (Lipinski definition) is 1. The number of benzene rings is 1. The second-order valence-electron chi connectivity index (χ2n) is 5.11. The van der Waals surface area contributed by atoms with E-state index >= 15 is 0 Å². The molecule has 1 fully saturated rings. The standard InChI is InChI=1S/C14H21FN2O/c1-9-8-18-10(2)7-17(9)13-6-4-5-12(15)14(13)11(3)16/h4-6,9-11H,7-8,16H2,1-3H3/t9?,10?,11-/m1/s1. The Kier molecular flexibility index (Phi) is 3.88. The van der Waals surface area contributed by atoms with Gasteiger partial charge in [0.15, 0.2) is 0 Å². The molecule has 1 aliphatic heterocycles. The van der Waals surface area contributed by atoms with Crippen LogP contribution in [0.4, 0.5) is 10.1 Å². The maximum absolute atomic E-state index is 13.9. The Labute approximate surface area is 108 Å². The molecule has 0 amide bonds. The first-order valence-corrected chi connectivity index (χ1v) is 6.43. The van der Waals surface area contributed by atoms with E-state index in [0.717, 1.165) is 12.2 Å². The zero-order valence-corrected chi connectivity index (χ0v) is 11.2. The second kappa shape index (κ2) is 5.24. The van der Waals surface area contributed by atoms with E-state index in [1.807, 2.05) is 19.9 Å². The molecule has 0 saturated carbocycles. The number of anilines is 1. The van der Waals surface area contributed by atoms with Gasteiger partial charge < -0.3 is 15.4 Å². The molecule has 1 aromatic carbocycles. The summed E-state index contributed by atoms with van der Waals surface area (Å²) in [4.78, 5) is 2.19. The minimum atomic E-state index is -0.313. The van der Waals surface area contributed by atoms with Crippen molar-refractivity contribution in [2.45, 2.75) is 39.0 Å². The van der Waals surface area contributed by atoms with Crippen molar-refractivity contribution in [2.24, 2.45) is 5.73 Å². The fraction of sp³-hybridized carbons (Fsp3) is 0.571. The monoisotopic (exact) mass is 252 g/mol. The van der Waals surface area contributed by atoms with Crippen molar-refractivity contribution in [3.8, 4) is 0 Å². The molecule has 1 heterocycles. The highest BCUT2D eigenvalue weighted by Crippen LogP contribution is 2.30. The Balaban J connectivity index is 2.40. The zero-order valence-electron chi connectivity index (χ0n) is 11.2. The van der Waals surface area contributed by atoms with Crippen LogP contribution in [0.5, 0.6) is 0 Å². The molecular formula is C14H21FN2O. The molecule has 1 saturated heterocycles. The SMILES string of the molecule is CC1CN(c2cccc(F)c2[C@@H](C)N)C(C)CO1. The number of nitrogens with zero attached hydrogens (tertiary/aromatic N) is 1. The Morgan fingerprint density at radius 3 is 2.83 bits per heavy atom. The number of nitrogens with two attached hydrogens (primary N) is 1. The fourth-order valence-corrected chi connectivity index (χ4v) is 2.47. The van der Waals surface area contributed by atoms with Gasteiger partial charge in [-0.05, 0) is 32.9 Å². The molecule has 0 aromatic heterocycles. The molecule has 2 unspecified atom stereocenters. The van der Waals surface area contributed by atoms with Crippen LogP contribution in [0.25, 0.3) is 0 Å². The van der Waals surface area contributed by atoms with E-state index in [1.54, 1.807) is 6.07 Å². The minimum absolute atomic E-state index is 0.158. The van der Waals surface area contributed by atoms with E-state index in [2.05, 4.69) is 11.8 Å². The van der Waals surface area contributed by atoms with Crippen LogP contribution >= 0.6 is 0 Å². The van der Waals surface area contributed by atoms with Crippen molar-refractivity contribution in [3.63, 3.8) is 0 Å². The van der Waals surface area contributed by atoms with E-state index in [0.29, 0.717) is 12.2 Å². The molecule has 0 aliphatic carbocycles. The molecule has 100 valence electrons. The number of hydrogen-bond acceptors (Lipinski definition) is 3. The Morgan fingerprint density at radius 2 is 2.17 bits per heavy atom. The zero-order chi connectivity index (χ0) is 13.3. The van der Waals surface area contributed by atoms with Crippen LogP contribution in [0.3, 0.4) is 0 Å². The van der Waals surface area contributed by atoms with E-state index in [-0.39, 0.29) is 24.0 Å². The van der Waals surface area contributed by atoms with Gasteiger partial charge in [0.2, 0.25) is 0 Å². The lowest BCUT2D eigenvalue weighted by Gasteiger charge is -2.40. The van der Waals surface area contributed by atoms with Gasteiger partial charge in [0, 0.05) is 29.9 Å². The lowest BCUT2D eigenvalue weighted by atomic mass is 10.0. The van der Waals surface area contributed by atoms with Crippen LogP contribution in [-0.2, 0) is 4.74 Å². The summed E-state index contributed by atoms with van der Waals surface area (Å²) >= 11 is 0. The van der Waals surface area contributed by atoms with Gasteiger partial charge in [0.05, 0.1) is 12.7 Å². The van der Waals surface area contributed by atoms with Gasteiger partial charge in [0.25, 0.3) is 0 Å². The van der Waals surface area contributed by atoms with Crippen LogP contribution in [-0.4, -0.2) is 25.3 Å². The number of halogens is 1. The van der Waals surface area contributed by atoms with Gasteiger partial charge in [-0.2, -0.15) is 0 Å². The maximum Gasteiger partial charge on any atom is 0.130 e. The highest BCUT2D eigenvalue weighted by molar-refractivity contribution is 5.56. The lowest BCUT2D eigenvalue weighted by Crippen LogP contribution is -2.48. The number of ether oxygens (including phenoxy) is 1. The molecule has 3 nitrogen and oxygen atoms in total. The summed E-state index contributed by atoms with van der Waals surface area (Å²) in [6.07, 6.45) is 0.158. The van der Waals surface area contributed by atoms with Gasteiger partial charge >= 0.3 is 0 Å². The lowest BCUT2D eigenvalue weighted by molar-refractivity contribution is 0.0342. The fourth-order valence-electron chi connectivity index (χ4n) is 2.47.